The van der Waals surface area contributed by atoms with Crippen molar-refractivity contribution in [3.63, 3.8) is 0 Å². The zero-order valence-corrected chi connectivity index (χ0v) is 19.1. The van der Waals surface area contributed by atoms with Gasteiger partial charge in [-0.05, 0) is 67.1 Å². The highest BCUT2D eigenvalue weighted by atomic mass is 35.5. The van der Waals surface area contributed by atoms with Crippen LogP contribution in [0, 0.1) is 5.82 Å². The number of ether oxygens (including phenoxy) is 1. The van der Waals surface area contributed by atoms with E-state index in [9.17, 15) is 17.6 Å². The molecule has 0 spiro atoms. The molecule has 0 bridgehead atoms. The van der Waals surface area contributed by atoms with E-state index >= 15 is 0 Å². The molecule has 0 aliphatic carbocycles. The lowest BCUT2D eigenvalue weighted by Crippen LogP contribution is -2.26. The van der Waals surface area contributed by atoms with E-state index in [1.54, 1.807) is 7.05 Å². The number of nitrogens with zero attached hydrogens (tertiary/aromatic N) is 1. The van der Waals surface area contributed by atoms with Gasteiger partial charge in [-0.1, -0.05) is 23.7 Å². The number of carbonyl (C=O) groups excluding carboxylic acids is 1. The molecular weight excluding hydrogens is 455 g/mol. The molecule has 1 N–H and O–H groups in total. The van der Waals surface area contributed by atoms with Crippen molar-refractivity contribution in [2.24, 2.45) is 0 Å². The molecule has 0 unspecified atom stereocenters. The molecule has 32 heavy (non-hydrogen) atoms. The van der Waals surface area contributed by atoms with Gasteiger partial charge in [-0.3, -0.25) is 9.52 Å². The molecule has 0 radical (unpaired) electrons. The molecular formula is C23H22ClFN2O4S. The average molecular weight is 477 g/mol. The molecule has 3 aromatic carbocycles. The average Bonchev–Trinajstić information content (AvgIpc) is 2.76. The minimum absolute atomic E-state index is 0.0521. The van der Waals surface area contributed by atoms with Crippen LogP contribution in [0.3, 0.4) is 0 Å². The van der Waals surface area contributed by atoms with Crippen molar-refractivity contribution >= 4 is 33.2 Å². The van der Waals surface area contributed by atoms with E-state index in [4.69, 9.17) is 16.3 Å². The number of nitrogens with one attached hydrogen (secondary N) is 1. The predicted octanol–water partition coefficient (Wildman–Crippen LogP) is 4.95. The first-order valence-electron chi connectivity index (χ1n) is 9.74. The van der Waals surface area contributed by atoms with Gasteiger partial charge in [-0.25, -0.2) is 12.8 Å². The van der Waals surface area contributed by atoms with Crippen LogP contribution in [-0.2, 0) is 16.6 Å². The number of hydrogen-bond acceptors (Lipinski definition) is 4. The van der Waals surface area contributed by atoms with Crippen molar-refractivity contribution in [1.29, 1.82) is 0 Å². The summed E-state index contributed by atoms with van der Waals surface area (Å²) in [5, 5.41) is 0.126. The van der Waals surface area contributed by atoms with E-state index in [-0.39, 0.29) is 27.1 Å². The van der Waals surface area contributed by atoms with Crippen LogP contribution >= 0.6 is 11.6 Å². The van der Waals surface area contributed by atoms with Gasteiger partial charge in [0.1, 0.15) is 11.6 Å². The monoisotopic (exact) mass is 476 g/mol. The maximum absolute atomic E-state index is 13.1. The number of anilines is 1. The first-order valence-corrected chi connectivity index (χ1v) is 11.6. The van der Waals surface area contributed by atoms with Crippen molar-refractivity contribution < 1.29 is 22.3 Å². The number of sulfonamides is 1. The molecule has 1 amide bonds. The third-order valence-corrected chi connectivity index (χ3v) is 6.29. The molecule has 6 nitrogen and oxygen atoms in total. The van der Waals surface area contributed by atoms with Crippen molar-refractivity contribution in [3.05, 3.63) is 88.7 Å². The second kappa shape index (κ2) is 10.0. The lowest BCUT2D eigenvalue weighted by atomic mass is 10.1. The minimum atomic E-state index is -4.01. The molecule has 9 heteroatoms. The van der Waals surface area contributed by atoms with Crippen molar-refractivity contribution in [2.75, 3.05) is 18.4 Å². The summed E-state index contributed by atoms with van der Waals surface area (Å²) in [7, 11) is -2.36. The molecule has 3 aromatic rings. The SMILES string of the molecule is CCOc1ccc(CN(C)C(=O)c2ccc(Cl)c(NS(=O)(=O)c3ccc(F)cc3)c2)cc1. The lowest BCUT2D eigenvalue weighted by Gasteiger charge is -2.18. The third kappa shape index (κ3) is 5.77. The van der Waals surface area contributed by atoms with Crippen LogP contribution in [0.1, 0.15) is 22.8 Å². The van der Waals surface area contributed by atoms with Gasteiger partial charge in [0.15, 0.2) is 0 Å². The quantitative estimate of drug-likeness (QED) is 0.499. The summed E-state index contributed by atoms with van der Waals surface area (Å²) in [6.07, 6.45) is 0. The van der Waals surface area contributed by atoms with Crippen LogP contribution in [0.15, 0.2) is 71.6 Å². The maximum Gasteiger partial charge on any atom is 0.261 e. The Morgan fingerprint density at radius 2 is 1.72 bits per heavy atom. The van der Waals surface area contributed by atoms with Crippen LogP contribution in [0.5, 0.6) is 5.75 Å². The summed E-state index contributed by atoms with van der Waals surface area (Å²) >= 11 is 6.15. The van der Waals surface area contributed by atoms with Crippen LogP contribution in [0.2, 0.25) is 5.02 Å². The summed E-state index contributed by atoms with van der Waals surface area (Å²) in [5.74, 6) is -0.107. The molecule has 0 aliphatic rings. The Morgan fingerprint density at radius 1 is 1.06 bits per heavy atom. The highest BCUT2D eigenvalue weighted by Gasteiger charge is 2.19. The smallest absolute Gasteiger partial charge is 0.261 e. The largest absolute Gasteiger partial charge is 0.494 e. The van der Waals surface area contributed by atoms with Gasteiger partial charge in [-0.15, -0.1) is 0 Å². The van der Waals surface area contributed by atoms with Gasteiger partial charge in [0.2, 0.25) is 0 Å². The molecule has 0 heterocycles. The first kappa shape index (κ1) is 23.6. The third-order valence-electron chi connectivity index (χ3n) is 4.58. The standard InChI is InChI=1S/C23H22ClFN2O4S/c1-3-31-19-9-4-16(5-10-19)15-27(2)23(28)17-6-13-21(24)22(14-17)26-32(29,30)20-11-7-18(25)8-12-20/h4-14,26H,3,15H2,1-2H3. The molecule has 0 atom stereocenters. The fraction of sp³-hybridized carbons (Fsp3) is 0.174. The van der Waals surface area contributed by atoms with Gasteiger partial charge in [0, 0.05) is 19.2 Å². The fourth-order valence-corrected chi connectivity index (χ4v) is 4.27. The number of rotatable bonds is 8. The molecule has 0 aliphatic heterocycles. The zero-order valence-electron chi connectivity index (χ0n) is 17.5. The van der Waals surface area contributed by atoms with E-state index in [1.807, 2.05) is 31.2 Å². The zero-order chi connectivity index (χ0) is 23.3. The first-order chi connectivity index (χ1) is 15.2. The van der Waals surface area contributed by atoms with E-state index in [2.05, 4.69) is 4.72 Å². The van der Waals surface area contributed by atoms with Crippen LogP contribution in [0.4, 0.5) is 10.1 Å². The highest BCUT2D eigenvalue weighted by Crippen LogP contribution is 2.27. The number of benzene rings is 3. The Labute approximate surface area is 191 Å². The number of amides is 1. The van der Waals surface area contributed by atoms with Gasteiger partial charge in [0.25, 0.3) is 15.9 Å². The lowest BCUT2D eigenvalue weighted by molar-refractivity contribution is 0.0785. The van der Waals surface area contributed by atoms with E-state index in [1.165, 1.54) is 23.1 Å². The van der Waals surface area contributed by atoms with Crippen molar-refractivity contribution in [3.8, 4) is 5.75 Å². The topological polar surface area (TPSA) is 75.7 Å². The Hall–Kier alpha value is -3.10. The summed E-state index contributed by atoms with van der Waals surface area (Å²) in [6, 6.07) is 16.1. The molecule has 168 valence electrons. The van der Waals surface area contributed by atoms with E-state index in [0.717, 1.165) is 35.6 Å². The summed E-state index contributed by atoms with van der Waals surface area (Å²) < 4.78 is 46.1. The summed E-state index contributed by atoms with van der Waals surface area (Å²) in [4.78, 5) is 14.3. The van der Waals surface area contributed by atoms with E-state index in [0.29, 0.717) is 13.2 Å². The predicted molar refractivity (Wildman–Crippen MR) is 122 cm³/mol. The summed E-state index contributed by atoms with van der Waals surface area (Å²) in [6.45, 7) is 2.83. The molecule has 0 fully saturated rings. The minimum Gasteiger partial charge on any atom is -0.494 e. The van der Waals surface area contributed by atoms with Crippen LogP contribution in [0.25, 0.3) is 0 Å². The Kier molecular flexibility index (Phi) is 7.37. The van der Waals surface area contributed by atoms with Gasteiger partial charge in [-0.2, -0.15) is 0 Å². The van der Waals surface area contributed by atoms with Gasteiger partial charge < -0.3 is 9.64 Å². The second-order valence-electron chi connectivity index (χ2n) is 6.99. The van der Waals surface area contributed by atoms with Crippen LogP contribution in [-0.4, -0.2) is 32.9 Å². The van der Waals surface area contributed by atoms with Gasteiger partial charge in [0.05, 0.1) is 22.2 Å². The van der Waals surface area contributed by atoms with E-state index < -0.39 is 15.8 Å². The van der Waals surface area contributed by atoms with Crippen molar-refractivity contribution in [1.82, 2.24) is 4.90 Å². The Morgan fingerprint density at radius 3 is 2.34 bits per heavy atom. The van der Waals surface area contributed by atoms with Crippen LogP contribution < -0.4 is 9.46 Å². The number of halogens is 2. The summed E-state index contributed by atoms with van der Waals surface area (Å²) in [5.41, 5.74) is 1.23. The number of carbonyl (C=O) groups is 1. The number of hydrogen-bond donors (Lipinski definition) is 1. The Balaban J connectivity index is 1.76. The molecule has 0 saturated carbocycles. The highest BCUT2D eigenvalue weighted by molar-refractivity contribution is 7.92. The molecule has 0 saturated heterocycles. The van der Waals surface area contributed by atoms with Crippen molar-refractivity contribution in [2.45, 2.75) is 18.4 Å². The Bertz CT molecular complexity index is 1200. The molecule has 3 rings (SSSR count). The van der Waals surface area contributed by atoms with Gasteiger partial charge >= 0.3 is 0 Å². The molecule has 0 aromatic heterocycles. The fourth-order valence-electron chi connectivity index (χ4n) is 2.98. The maximum atomic E-state index is 13.1. The second-order valence-corrected chi connectivity index (χ2v) is 9.08. The normalized spacial score (nSPS) is 11.1.